The van der Waals surface area contributed by atoms with E-state index < -0.39 is 0 Å². The first-order chi connectivity index (χ1) is 36.0. The van der Waals surface area contributed by atoms with Crippen molar-refractivity contribution in [1.82, 2.24) is 19.9 Å². The summed E-state index contributed by atoms with van der Waals surface area (Å²) in [4.78, 5) is 19.9. The number of benzene rings is 2. The number of nitrogens with zero attached hydrogens (tertiary/aromatic N) is 4. The van der Waals surface area contributed by atoms with Crippen LogP contribution in [0.15, 0.2) is 61.2 Å². The minimum atomic E-state index is 0.476. The number of aryl methyl sites for hydroxylation is 4. The number of aromatic nitrogens is 4. The smallest absolute Gasteiger partial charge is 0.131 e. The Morgan fingerprint density at radius 1 is 0.342 bits per heavy atom. The molecule has 0 aliphatic heterocycles. The molecule has 2 aromatic heterocycles. The Morgan fingerprint density at radius 2 is 0.630 bits per heavy atom. The molecule has 0 spiro atoms. The zero-order valence-electron chi connectivity index (χ0n) is 47.6. The number of hydrogen-bond acceptors (Lipinski definition) is 5. The topological polar surface area (TPSA) is 60.8 Å². The van der Waals surface area contributed by atoms with Crippen LogP contribution >= 0.6 is 0 Å². The van der Waals surface area contributed by atoms with Gasteiger partial charge >= 0.3 is 0 Å². The zero-order valence-corrected chi connectivity index (χ0v) is 47.6. The fourth-order valence-electron chi connectivity index (χ4n) is 12.3. The van der Waals surface area contributed by atoms with Crippen molar-refractivity contribution >= 4 is 0 Å². The predicted molar refractivity (Wildman–Crippen MR) is 311 cm³/mol. The van der Waals surface area contributed by atoms with Gasteiger partial charge in [-0.3, -0.25) is 0 Å². The number of hydrogen-bond donors (Lipinski definition) is 0. The molecule has 2 aliphatic rings. The van der Waals surface area contributed by atoms with E-state index >= 15 is 0 Å². The Morgan fingerprint density at radius 3 is 0.945 bits per heavy atom. The van der Waals surface area contributed by atoms with Crippen molar-refractivity contribution in [3.8, 4) is 11.5 Å². The standard InChI is InChI=1S/C68H106N4O/c1-5-9-13-17-21-25-29-33-59-51-69-67(70-52-59)61-41-35-57(36-42-61)49-63-47-55(31-27-23-19-15-11-7-3)39-45-65(63)73-66-46-40-56(32-28-24-20-16-12-8-4)48-64(66)50-58-37-43-62(44-38-58)68-71-53-60(54-72-68)34-30-26-22-18-14-10-6-2/h39-40,45-48,51-54,57-58,61-62H,5-38,41-44,49-50H2,1-4H3/t57-,58-,61-,62-. The summed E-state index contributed by atoms with van der Waals surface area (Å²) in [6, 6.07) is 14.5. The molecule has 0 unspecified atom stereocenters. The molecule has 5 nitrogen and oxygen atoms in total. The second-order valence-corrected chi connectivity index (χ2v) is 23.5. The molecule has 6 rings (SSSR count). The Bertz CT molecular complexity index is 1870. The van der Waals surface area contributed by atoms with Crippen LogP contribution in [0, 0.1) is 11.8 Å². The lowest BCUT2D eigenvalue weighted by atomic mass is 9.78. The number of ether oxygens (including phenoxy) is 1. The van der Waals surface area contributed by atoms with Gasteiger partial charge in [0.1, 0.15) is 23.1 Å². The third-order valence-corrected chi connectivity index (χ3v) is 17.1. The van der Waals surface area contributed by atoms with Gasteiger partial charge in [-0.1, -0.05) is 193 Å². The molecule has 0 saturated heterocycles. The van der Waals surface area contributed by atoms with E-state index in [1.54, 1.807) is 0 Å². The fraction of sp³-hybridized carbons (Fsp3) is 0.706. The normalized spacial score (nSPS) is 18.1. The van der Waals surface area contributed by atoms with E-state index in [0.29, 0.717) is 23.7 Å². The minimum absolute atomic E-state index is 0.476. The Kier molecular flexibility index (Phi) is 28.6. The summed E-state index contributed by atoms with van der Waals surface area (Å²) < 4.78 is 7.25. The van der Waals surface area contributed by atoms with Crippen LogP contribution in [0.1, 0.15) is 303 Å². The van der Waals surface area contributed by atoms with Gasteiger partial charge in [0.05, 0.1) is 0 Å². The highest BCUT2D eigenvalue weighted by Gasteiger charge is 2.28. The second kappa shape index (κ2) is 35.6. The van der Waals surface area contributed by atoms with Crippen molar-refractivity contribution in [2.45, 2.75) is 296 Å². The van der Waals surface area contributed by atoms with Crippen LogP contribution < -0.4 is 4.74 Å². The van der Waals surface area contributed by atoms with E-state index in [2.05, 4.69) is 88.9 Å². The van der Waals surface area contributed by atoms with Crippen molar-refractivity contribution in [3.63, 3.8) is 0 Å². The molecule has 73 heavy (non-hydrogen) atoms. The van der Waals surface area contributed by atoms with Crippen molar-refractivity contribution in [3.05, 3.63) is 106 Å². The highest BCUT2D eigenvalue weighted by Crippen LogP contribution is 2.41. The molecule has 0 amide bonds. The molecule has 0 N–H and O–H groups in total. The lowest BCUT2D eigenvalue weighted by Crippen LogP contribution is -2.18. The summed E-state index contributed by atoms with van der Waals surface area (Å²) >= 11 is 0. The van der Waals surface area contributed by atoms with Crippen LogP contribution in [0.25, 0.3) is 0 Å². The summed E-state index contributed by atoms with van der Waals surface area (Å²) in [6.07, 6.45) is 59.7. The van der Waals surface area contributed by atoms with Gasteiger partial charge in [-0.05, 0) is 173 Å². The summed E-state index contributed by atoms with van der Waals surface area (Å²) in [5.41, 5.74) is 8.40. The van der Waals surface area contributed by atoms with Gasteiger partial charge in [0.25, 0.3) is 0 Å². The van der Waals surface area contributed by atoms with Crippen molar-refractivity contribution in [2.24, 2.45) is 11.8 Å². The van der Waals surface area contributed by atoms with Crippen molar-refractivity contribution < 1.29 is 4.74 Å². The first-order valence-electron chi connectivity index (χ1n) is 31.6. The largest absolute Gasteiger partial charge is 0.457 e. The summed E-state index contributed by atoms with van der Waals surface area (Å²) in [7, 11) is 0. The van der Waals surface area contributed by atoms with Gasteiger partial charge in [-0.15, -0.1) is 0 Å². The molecule has 4 aromatic rings. The molecule has 0 bridgehead atoms. The van der Waals surface area contributed by atoms with Crippen LogP contribution in [-0.4, -0.2) is 19.9 Å². The molecule has 404 valence electrons. The van der Waals surface area contributed by atoms with E-state index in [-0.39, 0.29) is 0 Å². The van der Waals surface area contributed by atoms with E-state index in [1.165, 1.54) is 252 Å². The molecule has 2 heterocycles. The number of unbranched alkanes of at least 4 members (excludes halogenated alkanes) is 22. The molecule has 2 fully saturated rings. The van der Waals surface area contributed by atoms with Crippen LogP contribution in [0.3, 0.4) is 0 Å². The second-order valence-electron chi connectivity index (χ2n) is 23.5. The van der Waals surface area contributed by atoms with Crippen LogP contribution in [0.5, 0.6) is 11.5 Å². The predicted octanol–water partition coefficient (Wildman–Crippen LogP) is 20.5. The quantitative estimate of drug-likeness (QED) is 0.0419. The van der Waals surface area contributed by atoms with E-state index in [1.807, 2.05) is 0 Å². The van der Waals surface area contributed by atoms with Crippen molar-refractivity contribution in [1.29, 1.82) is 0 Å². The minimum Gasteiger partial charge on any atom is -0.457 e. The van der Waals surface area contributed by atoms with Crippen LogP contribution in [0.4, 0.5) is 0 Å². The maximum absolute atomic E-state index is 7.25. The molecule has 0 radical (unpaired) electrons. The first kappa shape index (κ1) is 58.7. The van der Waals surface area contributed by atoms with E-state index in [0.717, 1.165) is 61.7 Å². The molecular weight excluding hydrogens is 889 g/mol. The summed E-state index contributed by atoms with van der Waals surface area (Å²) in [5, 5.41) is 0. The molecule has 0 atom stereocenters. The SMILES string of the molecule is CCCCCCCCCc1cnc([C@H]2CC[C@H](Cc3cc(CCCCCCCC)ccc3Oc3ccc(CCCCCCCC)cc3C[C@H]3CC[C@H](c4ncc(CCCCCCCCC)cn4)CC3)CC2)nc1. The fourth-order valence-corrected chi connectivity index (χ4v) is 12.3. The van der Waals surface area contributed by atoms with E-state index in [4.69, 9.17) is 24.7 Å². The third-order valence-electron chi connectivity index (χ3n) is 17.1. The monoisotopic (exact) mass is 995 g/mol. The van der Waals surface area contributed by atoms with Gasteiger partial charge in [0, 0.05) is 36.6 Å². The average Bonchev–Trinajstić information content (AvgIpc) is 3.42. The average molecular weight is 996 g/mol. The maximum Gasteiger partial charge on any atom is 0.131 e. The zero-order chi connectivity index (χ0) is 51.0. The van der Waals surface area contributed by atoms with Crippen LogP contribution in [0.2, 0.25) is 0 Å². The molecule has 2 aromatic carbocycles. The van der Waals surface area contributed by atoms with Crippen molar-refractivity contribution in [2.75, 3.05) is 0 Å². The van der Waals surface area contributed by atoms with Gasteiger partial charge in [-0.2, -0.15) is 0 Å². The lowest BCUT2D eigenvalue weighted by Gasteiger charge is -2.29. The number of rotatable bonds is 38. The summed E-state index contributed by atoms with van der Waals surface area (Å²) in [6.45, 7) is 9.22. The lowest BCUT2D eigenvalue weighted by molar-refractivity contribution is 0.312. The Hall–Kier alpha value is -3.60. The molecule has 2 aliphatic carbocycles. The van der Waals surface area contributed by atoms with Gasteiger partial charge in [0.15, 0.2) is 0 Å². The third kappa shape index (κ3) is 22.3. The van der Waals surface area contributed by atoms with Gasteiger partial charge in [-0.25, -0.2) is 19.9 Å². The van der Waals surface area contributed by atoms with Gasteiger partial charge in [0.2, 0.25) is 0 Å². The molecule has 5 heteroatoms. The summed E-state index contributed by atoms with van der Waals surface area (Å²) in [5.74, 6) is 6.56. The van der Waals surface area contributed by atoms with Gasteiger partial charge < -0.3 is 4.74 Å². The maximum atomic E-state index is 7.25. The Labute approximate surface area is 448 Å². The first-order valence-corrected chi connectivity index (χ1v) is 31.6. The van der Waals surface area contributed by atoms with E-state index in [9.17, 15) is 0 Å². The Balaban J connectivity index is 1.09. The molecule has 2 saturated carbocycles. The van der Waals surface area contributed by atoms with Crippen LogP contribution in [-0.2, 0) is 38.5 Å². The molecular formula is C68H106N4O. The highest BCUT2D eigenvalue weighted by atomic mass is 16.5. The highest BCUT2D eigenvalue weighted by molar-refractivity contribution is 5.45.